The molecule has 4 N–H and O–H groups in total. The number of hydrogen-bond donors (Lipinski definition) is 3. The summed E-state index contributed by atoms with van der Waals surface area (Å²) < 4.78 is 2.63. The average molecular weight is 271 g/mol. The van der Waals surface area contributed by atoms with E-state index in [1.807, 2.05) is 6.26 Å². The van der Waals surface area contributed by atoms with Crippen molar-refractivity contribution in [2.75, 3.05) is 12.0 Å². The van der Waals surface area contributed by atoms with Gasteiger partial charge in [-0.25, -0.2) is 0 Å². The fourth-order valence-electron chi connectivity index (χ4n) is 0.598. The van der Waals surface area contributed by atoms with Crippen molar-refractivity contribution in [3.05, 3.63) is 0 Å². The first kappa shape index (κ1) is 12.8. The molecule has 0 spiro atoms. The Kier molecular flexibility index (Phi) is 7.07. The number of rotatable bonds is 7. The molecule has 0 aromatic heterocycles. The van der Waals surface area contributed by atoms with Gasteiger partial charge in [0.1, 0.15) is 0 Å². The summed E-state index contributed by atoms with van der Waals surface area (Å²) in [6.07, 6.45) is 2.41. The van der Waals surface area contributed by atoms with E-state index in [-0.39, 0.29) is 0 Å². The van der Waals surface area contributed by atoms with Crippen molar-refractivity contribution in [1.29, 1.82) is 0 Å². The van der Waals surface area contributed by atoms with E-state index < -0.39 is 32.0 Å². The van der Waals surface area contributed by atoms with Gasteiger partial charge in [0.25, 0.3) is 0 Å². The summed E-state index contributed by atoms with van der Waals surface area (Å²) in [5.41, 5.74) is 4.90. The Balaban J connectivity index is 3.80. The molecule has 13 heavy (non-hydrogen) atoms. The van der Waals surface area contributed by atoms with E-state index in [4.69, 9.17) is 10.8 Å². The first-order chi connectivity index (χ1) is 6.07. The molecule has 7 heteroatoms. The Morgan fingerprint density at radius 3 is 2.69 bits per heavy atom. The summed E-state index contributed by atoms with van der Waals surface area (Å²) in [6.45, 7) is 0. The summed E-state index contributed by atoms with van der Waals surface area (Å²) in [4.78, 5) is 20.5. The number of carboxylic acid groups (broad SMARTS) is 1. The van der Waals surface area contributed by atoms with Crippen LogP contribution in [0.15, 0.2) is 0 Å². The van der Waals surface area contributed by atoms with E-state index in [9.17, 15) is 9.59 Å². The van der Waals surface area contributed by atoms with Crippen molar-refractivity contribution in [3.8, 4) is 0 Å². The van der Waals surface area contributed by atoms with Gasteiger partial charge in [-0.3, -0.25) is 0 Å². The molecule has 1 amide bonds. The number of hydrogen-bond acceptors (Lipinski definition) is 4. The molecule has 0 saturated carbocycles. The quantitative estimate of drug-likeness (QED) is 0.542. The number of carboxylic acids is 1. The molecule has 0 radical (unpaired) electrons. The maximum absolute atomic E-state index is 10.6. The van der Waals surface area contributed by atoms with Crippen LogP contribution in [0.5, 0.6) is 0 Å². The number of nitrogens with one attached hydrogen (secondary N) is 1. The van der Waals surface area contributed by atoms with Gasteiger partial charge in [-0.15, -0.1) is 0 Å². The molecule has 1 unspecified atom stereocenters. The Bertz CT molecular complexity index is 191. The van der Waals surface area contributed by atoms with Crippen molar-refractivity contribution < 1.29 is 14.7 Å². The number of carbonyl (C=O) groups is 2. The number of amides is 1. The van der Waals surface area contributed by atoms with Gasteiger partial charge in [-0.1, -0.05) is 0 Å². The number of carbonyl (C=O) groups excluding carboxylic acids is 1. The minimum absolute atomic E-state index is 0.483. The van der Waals surface area contributed by atoms with Gasteiger partial charge < -0.3 is 0 Å². The van der Waals surface area contributed by atoms with Crippen LogP contribution in [-0.4, -0.2) is 49.1 Å². The van der Waals surface area contributed by atoms with Gasteiger partial charge >= 0.3 is 86.9 Å². The second kappa shape index (κ2) is 7.20. The number of nitrogens with two attached hydrogens (primary N) is 1. The van der Waals surface area contributed by atoms with E-state index in [0.717, 1.165) is 5.75 Å². The molecule has 0 aromatic carbocycles. The summed E-state index contributed by atoms with van der Waals surface area (Å²) in [6, 6.07) is -0.653. The van der Waals surface area contributed by atoms with E-state index in [1.165, 1.54) is 0 Å². The van der Waals surface area contributed by atoms with Gasteiger partial charge in [0.05, 0.1) is 0 Å². The van der Waals surface area contributed by atoms with Gasteiger partial charge in [0.15, 0.2) is 0 Å². The average Bonchev–Trinajstić information content (AvgIpc) is 2.03. The molecule has 0 aliphatic heterocycles. The molecule has 0 saturated heterocycles. The van der Waals surface area contributed by atoms with E-state index in [2.05, 4.69) is 4.33 Å². The third kappa shape index (κ3) is 6.89. The predicted octanol–water partition coefficient (Wildman–Crippen LogP) is -0.520. The summed E-state index contributed by atoms with van der Waals surface area (Å²) in [5.74, 6) is -0.184. The Labute approximate surface area is 87.2 Å². The van der Waals surface area contributed by atoms with E-state index in [1.54, 1.807) is 11.8 Å². The van der Waals surface area contributed by atoms with Crippen LogP contribution in [-0.2, 0) is 4.79 Å². The van der Waals surface area contributed by atoms with Crippen LogP contribution in [0.25, 0.3) is 0 Å². The molecular formula is C6H12N2O3SSe. The molecule has 5 nitrogen and oxygen atoms in total. The number of primary amides is 1. The monoisotopic (exact) mass is 272 g/mol. The van der Waals surface area contributed by atoms with Gasteiger partial charge in [-0.2, -0.15) is 0 Å². The molecule has 0 fully saturated rings. The van der Waals surface area contributed by atoms with E-state index in [0.29, 0.717) is 6.42 Å². The van der Waals surface area contributed by atoms with Gasteiger partial charge in [-0.05, 0) is 0 Å². The molecule has 76 valence electrons. The zero-order chi connectivity index (χ0) is 10.3. The zero-order valence-corrected chi connectivity index (χ0v) is 9.68. The second-order valence-corrected chi connectivity index (χ2v) is 4.96. The zero-order valence-electron chi connectivity index (χ0n) is 7.15. The summed E-state index contributed by atoms with van der Waals surface area (Å²) >= 11 is 0.946. The fourth-order valence-corrected chi connectivity index (χ4v) is 2.07. The van der Waals surface area contributed by atoms with Crippen LogP contribution in [0.3, 0.4) is 0 Å². The predicted molar refractivity (Wildman–Crippen MR) is 52.9 cm³/mol. The SMILES string of the molecule is CSCCC(N[Se]C(N)=O)C(=O)O. The topological polar surface area (TPSA) is 92.4 Å². The maximum atomic E-state index is 10.6. The second-order valence-electron chi connectivity index (χ2n) is 2.21. The molecule has 0 aliphatic carbocycles. The Morgan fingerprint density at radius 2 is 2.31 bits per heavy atom. The number of thioether (sulfide) groups is 1. The fraction of sp³-hybridized carbons (Fsp3) is 0.667. The van der Waals surface area contributed by atoms with Crippen LogP contribution < -0.4 is 10.1 Å². The van der Waals surface area contributed by atoms with Crippen LogP contribution in [0.1, 0.15) is 6.42 Å². The molecule has 0 rings (SSSR count). The first-order valence-corrected chi connectivity index (χ1v) is 6.62. The molecule has 1 atom stereocenters. The molecule has 0 aliphatic rings. The van der Waals surface area contributed by atoms with Crippen molar-refractivity contribution in [2.24, 2.45) is 5.73 Å². The van der Waals surface area contributed by atoms with Crippen molar-refractivity contribution >= 4 is 37.7 Å². The Hall–Kier alpha value is -0.231. The van der Waals surface area contributed by atoms with Gasteiger partial charge in [0, 0.05) is 0 Å². The van der Waals surface area contributed by atoms with Crippen LogP contribution in [0.2, 0.25) is 0 Å². The molecule has 0 bridgehead atoms. The van der Waals surface area contributed by atoms with Crippen LogP contribution in [0.4, 0.5) is 4.79 Å². The summed E-state index contributed by atoms with van der Waals surface area (Å²) in [5, 5.41) is 8.70. The number of aliphatic carboxylic acids is 1. The Morgan fingerprint density at radius 1 is 1.69 bits per heavy atom. The normalized spacial score (nSPS) is 12.4. The van der Waals surface area contributed by atoms with Crippen molar-refractivity contribution in [3.63, 3.8) is 0 Å². The summed E-state index contributed by atoms with van der Waals surface area (Å²) in [7, 11) is 0. The molecule has 0 heterocycles. The molecule has 0 aromatic rings. The van der Waals surface area contributed by atoms with Crippen LogP contribution in [0, 0.1) is 0 Å². The van der Waals surface area contributed by atoms with Crippen molar-refractivity contribution in [1.82, 2.24) is 4.33 Å². The van der Waals surface area contributed by atoms with Crippen molar-refractivity contribution in [2.45, 2.75) is 12.5 Å². The molecular weight excluding hydrogens is 259 g/mol. The third-order valence-corrected chi connectivity index (χ3v) is 3.12. The van der Waals surface area contributed by atoms with E-state index >= 15 is 0 Å². The first-order valence-electron chi connectivity index (χ1n) is 3.51. The van der Waals surface area contributed by atoms with Crippen LogP contribution >= 0.6 is 11.8 Å². The van der Waals surface area contributed by atoms with Gasteiger partial charge in [0.2, 0.25) is 0 Å². The minimum atomic E-state index is -0.933. The third-order valence-electron chi connectivity index (χ3n) is 1.21. The standard InChI is InChI=1S/C6H12N2O3SSe/c1-12-3-2-4(5(9)10)8-13-6(7)11/h4,8H,2-3H2,1H3,(H2,7,11)(H,9,10).